The summed E-state index contributed by atoms with van der Waals surface area (Å²) in [4.78, 5) is 20.0. The number of hydrogen-bond acceptors (Lipinski definition) is 4. The average molecular weight is 273 g/mol. The Morgan fingerprint density at radius 1 is 1.26 bits per heavy atom. The lowest BCUT2D eigenvalue weighted by Gasteiger charge is -2.06. The number of hydrogen-bond donors (Lipinski definition) is 0. The normalized spacial score (nSPS) is 10.8. The van der Waals surface area contributed by atoms with Crippen molar-refractivity contribution >= 4 is 39.4 Å². The fourth-order valence-corrected chi connectivity index (χ4v) is 2.28. The minimum Gasteiger partial charge on any atom is -0.465 e. The molecule has 0 amide bonds. The lowest BCUT2D eigenvalue weighted by atomic mass is 10.1. The molecule has 0 bridgehead atoms. The van der Waals surface area contributed by atoms with Crippen LogP contribution in [0, 0.1) is 0 Å². The molecule has 94 valence electrons. The van der Waals surface area contributed by atoms with Crippen LogP contribution in [0.4, 0.5) is 0 Å². The van der Waals surface area contributed by atoms with Crippen LogP contribution >= 0.6 is 11.6 Å². The second kappa shape index (κ2) is 4.48. The highest BCUT2D eigenvalue weighted by molar-refractivity contribution is 6.35. The Morgan fingerprint density at radius 2 is 2.11 bits per heavy atom. The molecular weight excluding hydrogens is 264 g/mol. The van der Waals surface area contributed by atoms with Gasteiger partial charge in [-0.2, -0.15) is 0 Å². The van der Waals surface area contributed by atoms with Crippen LogP contribution in [-0.4, -0.2) is 23.0 Å². The van der Waals surface area contributed by atoms with Crippen molar-refractivity contribution in [3.63, 3.8) is 0 Å². The van der Waals surface area contributed by atoms with Gasteiger partial charge in [-0.05, 0) is 18.2 Å². The van der Waals surface area contributed by atoms with E-state index in [-0.39, 0.29) is 0 Å². The minimum atomic E-state index is -0.397. The number of fused-ring (bicyclic) bond motifs is 3. The van der Waals surface area contributed by atoms with Crippen LogP contribution in [0.5, 0.6) is 0 Å². The number of rotatable bonds is 1. The Morgan fingerprint density at radius 3 is 2.89 bits per heavy atom. The number of aromatic nitrogens is 2. The van der Waals surface area contributed by atoms with Gasteiger partial charge in [0, 0.05) is 17.0 Å². The van der Waals surface area contributed by atoms with Crippen LogP contribution in [0.15, 0.2) is 36.5 Å². The third-order valence-electron chi connectivity index (χ3n) is 2.93. The number of carbonyl (C=O) groups is 1. The third-order valence-corrected chi connectivity index (χ3v) is 3.19. The van der Waals surface area contributed by atoms with E-state index in [1.807, 2.05) is 18.2 Å². The second-order valence-electron chi connectivity index (χ2n) is 4.03. The van der Waals surface area contributed by atoms with Gasteiger partial charge in [-0.15, -0.1) is 0 Å². The van der Waals surface area contributed by atoms with Crippen molar-refractivity contribution in [3.05, 3.63) is 47.2 Å². The number of pyridine rings is 2. The van der Waals surface area contributed by atoms with E-state index in [0.717, 1.165) is 10.8 Å². The number of nitrogens with zero attached hydrogens (tertiary/aromatic N) is 2. The third kappa shape index (κ3) is 1.90. The maximum Gasteiger partial charge on any atom is 0.337 e. The van der Waals surface area contributed by atoms with Crippen molar-refractivity contribution in [2.45, 2.75) is 0 Å². The highest BCUT2D eigenvalue weighted by Gasteiger charge is 2.11. The van der Waals surface area contributed by atoms with Gasteiger partial charge < -0.3 is 4.74 Å². The summed E-state index contributed by atoms with van der Waals surface area (Å²) < 4.78 is 4.69. The summed E-state index contributed by atoms with van der Waals surface area (Å²) >= 11 is 6.11. The summed E-state index contributed by atoms with van der Waals surface area (Å²) in [5.74, 6) is -0.397. The van der Waals surface area contributed by atoms with Gasteiger partial charge >= 0.3 is 5.97 Å². The number of halogens is 1. The Labute approximate surface area is 114 Å². The summed E-state index contributed by atoms with van der Waals surface area (Å²) in [6, 6.07) is 8.97. The molecule has 1 aromatic carbocycles. The summed E-state index contributed by atoms with van der Waals surface area (Å²) in [5, 5.41) is 2.14. The molecule has 0 fully saturated rings. The molecule has 0 aliphatic rings. The summed E-state index contributed by atoms with van der Waals surface area (Å²) in [5.41, 5.74) is 1.75. The fourth-order valence-electron chi connectivity index (χ4n) is 2.04. The topological polar surface area (TPSA) is 52.1 Å². The summed E-state index contributed by atoms with van der Waals surface area (Å²) in [6.45, 7) is 0. The quantitative estimate of drug-likeness (QED) is 0.388. The van der Waals surface area contributed by atoms with Gasteiger partial charge in [-0.25, -0.2) is 9.78 Å². The molecule has 3 rings (SSSR count). The lowest BCUT2D eigenvalue weighted by molar-refractivity contribution is 0.0601. The van der Waals surface area contributed by atoms with Crippen molar-refractivity contribution in [2.24, 2.45) is 0 Å². The summed E-state index contributed by atoms with van der Waals surface area (Å²) in [6.07, 6.45) is 1.67. The van der Waals surface area contributed by atoms with E-state index < -0.39 is 5.97 Å². The monoisotopic (exact) mass is 272 g/mol. The molecule has 0 spiro atoms. The first-order valence-corrected chi connectivity index (χ1v) is 6.01. The maximum atomic E-state index is 11.5. The van der Waals surface area contributed by atoms with E-state index in [1.165, 1.54) is 7.11 Å². The largest absolute Gasteiger partial charge is 0.465 e. The van der Waals surface area contributed by atoms with E-state index in [2.05, 4.69) is 9.97 Å². The van der Waals surface area contributed by atoms with Crippen molar-refractivity contribution in [1.82, 2.24) is 9.97 Å². The Hall–Kier alpha value is -2.20. The first-order valence-electron chi connectivity index (χ1n) is 5.63. The second-order valence-corrected chi connectivity index (χ2v) is 4.38. The highest BCUT2D eigenvalue weighted by Crippen LogP contribution is 2.28. The molecule has 5 heteroatoms. The SMILES string of the molecule is COC(=O)c1ccc2c(c1)nc(Cl)c1ncccc12. The first-order chi connectivity index (χ1) is 9.20. The molecule has 3 aromatic rings. The maximum absolute atomic E-state index is 11.5. The van der Waals surface area contributed by atoms with Crippen LogP contribution in [0.3, 0.4) is 0 Å². The smallest absolute Gasteiger partial charge is 0.337 e. The average Bonchev–Trinajstić information content (AvgIpc) is 2.46. The van der Waals surface area contributed by atoms with E-state index >= 15 is 0 Å². The zero-order valence-electron chi connectivity index (χ0n) is 10.1. The number of methoxy groups -OCH3 is 1. The molecule has 0 N–H and O–H groups in total. The van der Waals surface area contributed by atoms with Gasteiger partial charge in [0.1, 0.15) is 5.52 Å². The molecule has 0 saturated carbocycles. The van der Waals surface area contributed by atoms with E-state index in [0.29, 0.717) is 21.7 Å². The Balaban J connectivity index is 2.37. The fraction of sp³-hybridized carbons (Fsp3) is 0.0714. The van der Waals surface area contributed by atoms with Gasteiger partial charge in [0.2, 0.25) is 0 Å². The van der Waals surface area contributed by atoms with Crippen LogP contribution < -0.4 is 0 Å². The highest BCUT2D eigenvalue weighted by atomic mass is 35.5. The molecule has 0 unspecified atom stereocenters. The van der Waals surface area contributed by atoms with Crippen LogP contribution in [0.25, 0.3) is 21.8 Å². The first kappa shape index (κ1) is 11.9. The van der Waals surface area contributed by atoms with E-state index in [4.69, 9.17) is 16.3 Å². The van der Waals surface area contributed by atoms with Crippen LogP contribution in [-0.2, 0) is 4.74 Å². The van der Waals surface area contributed by atoms with Gasteiger partial charge in [-0.3, -0.25) is 4.98 Å². The van der Waals surface area contributed by atoms with Crippen LogP contribution in [0.2, 0.25) is 5.15 Å². The van der Waals surface area contributed by atoms with Crippen LogP contribution in [0.1, 0.15) is 10.4 Å². The minimum absolute atomic E-state index is 0.324. The van der Waals surface area contributed by atoms with Gasteiger partial charge in [0.05, 0.1) is 18.2 Å². The number of benzene rings is 1. The molecule has 2 heterocycles. The Bertz CT molecular complexity index is 802. The van der Waals surface area contributed by atoms with E-state index in [9.17, 15) is 4.79 Å². The summed E-state index contributed by atoms with van der Waals surface area (Å²) in [7, 11) is 1.34. The number of ether oxygens (including phenoxy) is 1. The molecule has 19 heavy (non-hydrogen) atoms. The number of esters is 1. The van der Waals surface area contributed by atoms with Crippen molar-refractivity contribution in [1.29, 1.82) is 0 Å². The molecule has 2 aromatic heterocycles. The van der Waals surface area contributed by atoms with Gasteiger partial charge in [0.25, 0.3) is 0 Å². The van der Waals surface area contributed by atoms with Crippen molar-refractivity contribution in [3.8, 4) is 0 Å². The zero-order valence-corrected chi connectivity index (χ0v) is 10.8. The van der Waals surface area contributed by atoms with Gasteiger partial charge in [-0.1, -0.05) is 23.7 Å². The lowest BCUT2D eigenvalue weighted by Crippen LogP contribution is -2.01. The molecule has 0 atom stereocenters. The van der Waals surface area contributed by atoms with Crippen molar-refractivity contribution < 1.29 is 9.53 Å². The predicted octanol–water partition coefficient (Wildman–Crippen LogP) is 3.22. The molecule has 0 aliphatic heterocycles. The molecule has 0 saturated heterocycles. The van der Waals surface area contributed by atoms with Gasteiger partial charge in [0.15, 0.2) is 5.15 Å². The molecule has 4 nitrogen and oxygen atoms in total. The standard InChI is InChI=1S/C14H9ClN2O2/c1-19-14(18)8-4-5-9-10-3-2-6-16-12(10)13(15)17-11(9)7-8/h2-7H,1H3. The number of carbonyl (C=O) groups excluding carboxylic acids is 1. The van der Waals surface area contributed by atoms with Crippen molar-refractivity contribution in [2.75, 3.05) is 7.11 Å². The molecule has 0 radical (unpaired) electrons. The van der Waals surface area contributed by atoms with E-state index in [1.54, 1.807) is 18.3 Å². The Kier molecular flexibility index (Phi) is 2.80. The molecule has 0 aliphatic carbocycles. The predicted molar refractivity (Wildman–Crippen MR) is 73.4 cm³/mol. The zero-order chi connectivity index (χ0) is 13.4. The molecular formula is C14H9ClN2O2.